The maximum absolute atomic E-state index is 12.8. The molecule has 1 aliphatic heterocycles. The van der Waals surface area contributed by atoms with Gasteiger partial charge in [-0.1, -0.05) is 42.5 Å². The lowest BCUT2D eigenvalue weighted by Gasteiger charge is -2.27. The second kappa shape index (κ2) is 7.55. The number of anilines is 1. The molecule has 144 valence electrons. The van der Waals surface area contributed by atoms with Gasteiger partial charge in [0, 0.05) is 36.5 Å². The summed E-state index contributed by atoms with van der Waals surface area (Å²) in [7, 11) is 0. The fraction of sp³-hybridized carbons (Fsp3) is 0.200. The van der Waals surface area contributed by atoms with Crippen molar-refractivity contribution in [3.05, 3.63) is 83.2 Å². The summed E-state index contributed by atoms with van der Waals surface area (Å²) in [6.45, 7) is 1.87. The van der Waals surface area contributed by atoms with Crippen molar-refractivity contribution in [3.8, 4) is 22.4 Å². The Balaban J connectivity index is 1.65. The van der Waals surface area contributed by atoms with E-state index in [2.05, 4.69) is 16.0 Å². The standard InChI is InChI=1S/C25H22N2O2/c28-23-17-24(27-14-5-2-6-15-27)29-25-20(10-7-11-21(23)25)19-12-13-26-22(16-19)18-8-3-1-4-9-18/h1,3-4,7-13,16-17H,2,5-6,14-15H2. The SMILES string of the molecule is O=c1cc(N2CCCCC2)oc2c(-c3ccnc(-c4ccccc4)c3)cccc12. The van der Waals surface area contributed by atoms with Crippen LogP contribution in [0.4, 0.5) is 5.88 Å². The van der Waals surface area contributed by atoms with E-state index in [1.165, 1.54) is 6.42 Å². The van der Waals surface area contributed by atoms with Crippen LogP contribution in [0.2, 0.25) is 0 Å². The summed E-state index contributed by atoms with van der Waals surface area (Å²) in [5.74, 6) is 0.673. The van der Waals surface area contributed by atoms with Crippen molar-refractivity contribution in [3.63, 3.8) is 0 Å². The zero-order chi connectivity index (χ0) is 19.6. The summed E-state index contributed by atoms with van der Waals surface area (Å²) in [6, 6.07) is 21.5. The molecule has 3 heterocycles. The first kappa shape index (κ1) is 17.7. The van der Waals surface area contributed by atoms with Gasteiger partial charge in [-0.3, -0.25) is 9.78 Å². The zero-order valence-corrected chi connectivity index (χ0v) is 16.2. The van der Waals surface area contributed by atoms with Crippen LogP contribution in [-0.2, 0) is 0 Å². The summed E-state index contributed by atoms with van der Waals surface area (Å²) in [6.07, 6.45) is 5.31. The summed E-state index contributed by atoms with van der Waals surface area (Å²) < 4.78 is 6.32. The smallest absolute Gasteiger partial charge is 0.200 e. The molecule has 0 spiro atoms. The number of para-hydroxylation sites is 1. The predicted molar refractivity (Wildman–Crippen MR) is 117 cm³/mol. The molecule has 2 aromatic heterocycles. The minimum atomic E-state index is 0.00557. The maximum Gasteiger partial charge on any atom is 0.200 e. The summed E-state index contributed by atoms with van der Waals surface area (Å²) in [5.41, 5.74) is 4.51. The molecule has 4 aromatic rings. The van der Waals surface area contributed by atoms with E-state index < -0.39 is 0 Å². The van der Waals surface area contributed by atoms with Gasteiger partial charge in [0.05, 0.1) is 11.1 Å². The first-order valence-corrected chi connectivity index (χ1v) is 10.1. The second-order valence-corrected chi connectivity index (χ2v) is 7.47. The molecular weight excluding hydrogens is 360 g/mol. The topological polar surface area (TPSA) is 46.3 Å². The molecule has 0 bridgehead atoms. The summed E-state index contributed by atoms with van der Waals surface area (Å²) in [5, 5.41) is 0.612. The molecule has 0 unspecified atom stereocenters. The van der Waals surface area contributed by atoms with E-state index >= 15 is 0 Å². The third kappa shape index (κ3) is 3.42. The molecular formula is C25H22N2O2. The van der Waals surface area contributed by atoms with Gasteiger partial charge >= 0.3 is 0 Å². The Labute approximate surface area is 169 Å². The van der Waals surface area contributed by atoms with Crippen molar-refractivity contribution in [1.82, 2.24) is 4.98 Å². The monoisotopic (exact) mass is 382 g/mol. The number of benzene rings is 2. The Morgan fingerprint density at radius 1 is 0.828 bits per heavy atom. The molecule has 0 atom stereocenters. The van der Waals surface area contributed by atoms with Crippen LogP contribution >= 0.6 is 0 Å². The minimum absolute atomic E-state index is 0.00557. The number of rotatable bonds is 3. The Bertz CT molecular complexity index is 1210. The number of hydrogen-bond acceptors (Lipinski definition) is 4. The van der Waals surface area contributed by atoms with Crippen LogP contribution in [0.15, 0.2) is 82.1 Å². The fourth-order valence-electron chi connectivity index (χ4n) is 4.03. The van der Waals surface area contributed by atoms with Crippen LogP contribution in [-0.4, -0.2) is 18.1 Å². The van der Waals surface area contributed by atoms with Crippen LogP contribution in [0.25, 0.3) is 33.4 Å². The Morgan fingerprint density at radius 2 is 1.66 bits per heavy atom. The Hall–Kier alpha value is -3.40. The molecule has 2 aromatic carbocycles. The van der Waals surface area contributed by atoms with Gasteiger partial charge in [-0.05, 0) is 43.0 Å². The number of pyridine rings is 1. The van der Waals surface area contributed by atoms with Crippen molar-refractivity contribution < 1.29 is 4.42 Å². The zero-order valence-electron chi connectivity index (χ0n) is 16.2. The molecule has 4 nitrogen and oxygen atoms in total. The highest BCUT2D eigenvalue weighted by Crippen LogP contribution is 2.32. The van der Waals surface area contributed by atoms with Gasteiger partial charge < -0.3 is 9.32 Å². The number of piperidine rings is 1. The second-order valence-electron chi connectivity index (χ2n) is 7.47. The van der Waals surface area contributed by atoms with Crippen LogP contribution in [0.3, 0.4) is 0 Å². The van der Waals surface area contributed by atoms with Crippen molar-refractivity contribution in [2.45, 2.75) is 19.3 Å². The van der Waals surface area contributed by atoms with Crippen LogP contribution < -0.4 is 10.3 Å². The molecule has 4 heteroatoms. The Kier molecular flexibility index (Phi) is 4.60. The van der Waals surface area contributed by atoms with E-state index in [0.717, 1.165) is 48.3 Å². The molecule has 5 rings (SSSR count). The lowest BCUT2D eigenvalue weighted by atomic mass is 10.0. The van der Waals surface area contributed by atoms with Crippen LogP contribution in [0.1, 0.15) is 19.3 Å². The van der Waals surface area contributed by atoms with Crippen molar-refractivity contribution in [2.24, 2.45) is 0 Å². The van der Waals surface area contributed by atoms with Gasteiger partial charge in [0.1, 0.15) is 5.58 Å². The van der Waals surface area contributed by atoms with E-state index in [1.54, 1.807) is 6.07 Å². The number of hydrogen-bond donors (Lipinski definition) is 0. The maximum atomic E-state index is 12.8. The van der Waals surface area contributed by atoms with Crippen LogP contribution in [0.5, 0.6) is 0 Å². The highest BCUT2D eigenvalue weighted by Gasteiger charge is 2.17. The van der Waals surface area contributed by atoms with Crippen molar-refractivity contribution >= 4 is 16.9 Å². The average Bonchev–Trinajstić information content (AvgIpc) is 2.80. The van der Waals surface area contributed by atoms with E-state index in [0.29, 0.717) is 16.9 Å². The molecule has 0 aliphatic carbocycles. The largest absolute Gasteiger partial charge is 0.440 e. The van der Waals surface area contributed by atoms with Crippen molar-refractivity contribution in [1.29, 1.82) is 0 Å². The first-order valence-electron chi connectivity index (χ1n) is 10.1. The quantitative estimate of drug-likeness (QED) is 0.468. The van der Waals surface area contributed by atoms with E-state index in [-0.39, 0.29) is 5.43 Å². The molecule has 0 saturated carbocycles. The molecule has 29 heavy (non-hydrogen) atoms. The highest BCUT2D eigenvalue weighted by atomic mass is 16.4. The lowest BCUT2D eigenvalue weighted by Crippen LogP contribution is -2.30. The molecule has 1 saturated heterocycles. The summed E-state index contributed by atoms with van der Waals surface area (Å²) >= 11 is 0. The van der Waals surface area contributed by atoms with Gasteiger partial charge in [-0.2, -0.15) is 0 Å². The molecule has 0 N–H and O–H groups in total. The van der Waals surface area contributed by atoms with E-state index in [4.69, 9.17) is 4.42 Å². The van der Waals surface area contributed by atoms with Gasteiger partial charge in [0.25, 0.3) is 0 Å². The van der Waals surface area contributed by atoms with Crippen molar-refractivity contribution in [2.75, 3.05) is 18.0 Å². The number of fused-ring (bicyclic) bond motifs is 1. The fourth-order valence-corrected chi connectivity index (χ4v) is 4.03. The van der Waals surface area contributed by atoms with E-state index in [1.807, 2.05) is 60.8 Å². The predicted octanol–water partition coefficient (Wildman–Crippen LogP) is 5.51. The molecule has 1 fully saturated rings. The average molecular weight is 382 g/mol. The van der Waals surface area contributed by atoms with E-state index in [9.17, 15) is 4.79 Å². The van der Waals surface area contributed by atoms with Crippen LogP contribution in [0, 0.1) is 0 Å². The molecule has 0 radical (unpaired) electrons. The number of nitrogens with zero attached hydrogens (tertiary/aromatic N) is 2. The highest BCUT2D eigenvalue weighted by molar-refractivity contribution is 5.93. The third-order valence-electron chi connectivity index (χ3n) is 5.55. The molecule has 0 amide bonds. The lowest BCUT2D eigenvalue weighted by molar-refractivity contribution is 0.513. The first-order chi connectivity index (χ1) is 14.3. The van der Waals surface area contributed by atoms with Gasteiger partial charge in [-0.15, -0.1) is 0 Å². The van der Waals surface area contributed by atoms with Gasteiger partial charge in [-0.25, -0.2) is 0 Å². The third-order valence-corrected chi connectivity index (χ3v) is 5.55. The normalized spacial score (nSPS) is 14.3. The van der Waals surface area contributed by atoms with Gasteiger partial charge in [0.2, 0.25) is 0 Å². The Morgan fingerprint density at radius 3 is 2.48 bits per heavy atom. The minimum Gasteiger partial charge on any atom is -0.440 e. The molecule has 1 aliphatic rings. The number of aromatic nitrogens is 1. The summed E-state index contributed by atoms with van der Waals surface area (Å²) in [4.78, 5) is 19.5. The van der Waals surface area contributed by atoms with Gasteiger partial charge in [0.15, 0.2) is 11.3 Å².